The Hall–Kier alpha value is -1.93. The molecule has 0 aliphatic carbocycles. The van der Waals surface area contributed by atoms with E-state index in [2.05, 4.69) is 76.6 Å². The number of benzene rings is 3. The van der Waals surface area contributed by atoms with Crippen molar-refractivity contribution in [2.75, 3.05) is 0 Å². The first kappa shape index (κ1) is 15.5. The maximum atomic E-state index is 9.17. The molecule has 2 heteroatoms. The zero-order valence-corrected chi connectivity index (χ0v) is 13.5. The maximum absolute atomic E-state index is 9.17. The van der Waals surface area contributed by atoms with Gasteiger partial charge >= 0.3 is 0 Å². The van der Waals surface area contributed by atoms with Gasteiger partial charge in [0.05, 0.1) is 0 Å². The van der Waals surface area contributed by atoms with Crippen molar-refractivity contribution >= 4 is 33.0 Å². The largest absolute Gasteiger partial charge is 0.303 e. The monoisotopic (exact) mass is 340 g/mol. The van der Waals surface area contributed by atoms with Gasteiger partial charge in [-0.2, -0.15) is 0 Å². The number of rotatable bonds is 2. The molecule has 3 rings (SSSR count). The molecule has 0 unspecified atom stereocenters. The van der Waals surface area contributed by atoms with Crippen LogP contribution in [0.2, 0.25) is 0 Å². The molecule has 0 saturated carbocycles. The molecular formula is C19H17BrO. The van der Waals surface area contributed by atoms with Gasteiger partial charge in [-0.3, -0.25) is 0 Å². The lowest BCUT2D eigenvalue weighted by molar-refractivity contribution is -0.107. The minimum Gasteiger partial charge on any atom is -0.303 e. The van der Waals surface area contributed by atoms with E-state index in [1.165, 1.54) is 21.9 Å². The Bertz CT molecular complexity index is 720. The Morgan fingerprint density at radius 3 is 2.19 bits per heavy atom. The number of hydrogen-bond acceptors (Lipinski definition) is 1. The molecule has 0 N–H and O–H groups in total. The standard InChI is InChI=1S/C16H11Br.C3H6O/c17-15-11-10-12-6-4-5-9-14(12)16(15)13-7-2-1-3-8-13;1-2-3-4/h1-11H;3H,2H2,1H3. The van der Waals surface area contributed by atoms with Crippen LogP contribution < -0.4 is 0 Å². The van der Waals surface area contributed by atoms with Gasteiger partial charge in [-0.15, -0.1) is 0 Å². The summed E-state index contributed by atoms with van der Waals surface area (Å²) in [5.74, 6) is 0. The molecule has 0 amide bonds. The average Bonchev–Trinajstić information content (AvgIpc) is 2.56. The first-order chi connectivity index (χ1) is 10.3. The Morgan fingerprint density at radius 2 is 1.52 bits per heavy atom. The summed E-state index contributed by atoms with van der Waals surface area (Å²) in [6.45, 7) is 1.81. The molecule has 3 aromatic carbocycles. The first-order valence-electron chi connectivity index (χ1n) is 6.94. The van der Waals surface area contributed by atoms with Crippen LogP contribution in [0.15, 0.2) is 71.2 Å². The molecule has 1 nitrogen and oxygen atoms in total. The third-order valence-electron chi connectivity index (χ3n) is 3.11. The van der Waals surface area contributed by atoms with Crippen LogP contribution in [0.25, 0.3) is 21.9 Å². The maximum Gasteiger partial charge on any atom is 0.119 e. The third kappa shape index (κ3) is 3.79. The van der Waals surface area contributed by atoms with Crippen LogP contribution in [0.1, 0.15) is 13.3 Å². The number of aldehydes is 1. The first-order valence-corrected chi connectivity index (χ1v) is 7.73. The average molecular weight is 341 g/mol. The highest BCUT2D eigenvalue weighted by molar-refractivity contribution is 9.10. The summed E-state index contributed by atoms with van der Waals surface area (Å²) < 4.78 is 1.14. The van der Waals surface area contributed by atoms with E-state index < -0.39 is 0 Å². The van der Waals surface area contributed by atoms with Gasteiger partial charge in [0.2, 0.25) is 0 Å². The molecular weight excluding hydrogens is 324 g/mol. The van der Waals surface area contributed by atoms with Gasteiger partial charge in [-0.05, 0) is 22.4 Å². The van der Waals surface area contributed by atoms with Crippen LogP contribution in [0.3, 0.4) is 0 Å². The molecule has 0 aliphatic rings. The van der Waals surface area contributed by atoms with Crippen LogP contribution in [0.5, 0.6) is 0 Å². The van der Waals surface area contributed by atoms with Crippen LogP contribution in [0, 0.1) is 0 Å². The number of carbonyl (C=O) groups is 1. The molecule has 0 radical (unpaired) electrons. The Balaban J connectivity index is 0.000000361. The van der Waals surface area contributed by atoms with Crippen molar-refractivity contribution in [3.63, 3.8) is 0 Å². The van der Waals surface area contributed by atoms with E-state index in [4.69, 9.17) is 0 Å². The molecule has 0 atom stereocenters. The topological polar surface area (TPSA) is 17.1 Å². The van der Waals surface area contributed by atoms with Gasteiger partial charge in [-0.1, -0.05) is 83.5 Å². The molecule has 0 heterocycles. The summed E-state index contributed by atoms with van der Waals surface area (Å²) in [4.78, 5) is 9.17. The van der Waals surface area contributed by atoms with Crippen LogP contribution in [-0.4, -0.2) is 6.29 Å². The molecule has 106 valence electrons. The highest BCUT2D eigenvalue weighted by Crippen LogP contribution is 2.35. The highest BCUT2D eigenvalue weighted by atomic mass is 79.9. The second kappa shape index (κ2) is 7.75. The van der Waals surface area contributed by atoms with E-state index in [9.17, 15) is 4.79 Å². The molecule has 0 saturated heterocycles. The fourth-order valence-corrected chi connectivity index (χ4v) is 2.72. The number of hydrogen-bond donors (Lipinski definition) is 0. The van der Waals surface area contributed by atoms with Crippen molar-refractivity contribution in [2.24, 2.45) is 0 Å². The second-order valence-corrected chi connectivity index (χ2v) is 5.44. The van der Waals surface area contributed by atoms with E-state index in [0.717, 1.165) is 10.8 Å². The third-order valence-corrected chi connectivity index (χ3v) is 3.77. The van der Waals surface area contributed by atoms with E-state index in [0.29, 0.717) is 6.42 Å². The van der Waals surface area contributed by atoms with E-state index >= 15 is 0 Å². The molecule has 0 bridgehead atoms. The lowest BCUT2D eigenvalue weighted by Gasteiger charge is -2.09. The molecule has 0 aromatic heterocycles. The van der Waals surface area contributed by atoms with Gasteiger partial charge in [0.1, 0.15) is 6.29 Å². The van der Waals surface area contributed by atoms with Crippen molar-refractivity contribution in [1.82, 2.24) is 0 Å². The highest BCUT2D eigenvalue weighted by Gasteiger charge is 2.07. The smallest absolute Gasteiger partial charge is 0.119 e. The normalized spacial score (nSPS) is 9.81. The molecule has 21 heavy (non-hydrogen) atoms. The van der Waals surface area contributed by atoms with Crippen molar-refractivity contribution < 1.29 is 4.79 Å². The van der Waals surface area contributed by atoms with Crippen molar-refractivity contribution in [3.05, 3.63) is 71.2 Å². The zero-order chi connectivity index (χ0) is 15.1. The Kier molecular flexibility index (Phi) is 5.70. The van der Waals surface area contributed by atoms with Crippen molar-refractivity contribution in [1.29, 1.82) is 0 Å². The molecule has 0 aliphatic heterocycles. The summed E-state index contributed by atoms with van der Waals surface area (Å²) in [6.07, 6.45) is 1.51. The second-order valence-electron chi connectivity index (χ2n) is 4.58. The summed E-state index contributed by atoms with van der Waals surface area (Å²) in [5, 5.41) is 2.56. The van der Waals surface area contributed by atoms with E-state index in [1.807, 2.05) is 13.0 Å². The minimum absolute atomic E-state index is 0.639. The van der Waals surface area contributed by atoms with Crippen molar-refractivity contribution in [3.8, 4) is 11.1 Å². The van der Waals surface area contributed by atoms with Gasteiger partial charge in [0.25, 0.3) is 0 Å². The quantitative estimate of drug-likeness (QED) is 0.533. The summed E-state index contributed by atoms with van der Waals surface area (Å²) in [7, 11) is 0. The fourth-order valence-electron chi connectivity index (χ4n) is 2.14. The minimum atomic E-state index is 0.639. The van der Waals surface area contributed by atoms with Gasteiger partial charge < -0.3 is 4.79 Å². The van der Waals surface area contributed by atoms with E-state index in [-0.39, 0.29) is 0 Å². The number of fused-ring (bicyclic) bond motifs is 1. The summed E-state index contributed by atoms with van der Waals surface area (Å²) in [6, 6.07) is 23.2. The van der Waals surface area contributed by atoms with Gasteiger partial charge in [0.15, 0.2) is 0 Å². The Morgan fingerprint density at radius 1 is 0.905 bits per heavy atom. The Labute approximate surface area is 133 Å². The number of carbonyl (C=O) groups excluding carboxylic acids is 1. The van der Waals surface area contributed by atoms with Crippen molar-refractivity contribution in [2.45, 2.75) is 13.3 Å². The van der Waals surface area contributed by atoms with Crippen LogP contribution >= 0.6 is 15.9 Å². The molecule has 0 spiro atoms. The molecule has 0 fully saturated rings. The SMILES string of the molecule is Brc1ccc2ccccc2c1-c1ccccc1.CCC=O. The fraction of sp³-hybridized carbons (Fsp3) is 0.105. The van der Waals surface area contributed by atoms with Gasteiger partial charge in [0, 0.05) is 16.5 Å². The lowest BCUT2D eigenvalue weighted by atomic mass is 9.98. The van der Waals surface area contributed by atoms with E-state index in [1.54, 1.807) is 0 Å². The lowest BCUT2D eigenvalue weighted by Crippen LogP contribution is -1.82. The van der Waals surface area contributed by atoms with Gasteiger partial charge in [-0.25, -0.2) is 0 Å². The van der Waals surface area contributed by atoms with Crippen LogP contribution in [0.4, 0.5) is 0 Å². The summed E-state index contributed by atoms with van der Waals surface area (Å²) in [5.41, 5.74) is 2.51. The predicted octanol–water partition coefficient (Wildman–Crippen LogP) is 5.86. The zero-order valence-electron chi connectivity index (χ0n) is 11.9. The number of halogens is 1. The summed E-state index contributed by atoms with van der Waals surface area (Å²) >= 11 is 3.65. The molecule has 3 aromatic rings. The predicted molar refractivity (Wildman–Crippen MR) is 93.4 cm³/mol. The van der Waals surface area contributed by atoms with Crippen LogP contribution in [-0.2, 0) is 4.79 Å².